The van der Waals surface area contributed by atoms with Gasteiger partial charge in [-0.05, 0) is 19.3 Å². The van der Waals surface area contributed by atoms with Crippen LogP contribution in [0.2, 0.25) is 0 Å². The molecule has 12 nitrogen and oxygen atoms in total. The van der Waals surface area contributed by atoms with E-state index in [1.807, 2.05) is 0 Å². The molecule has 2 aliphatic carbocycles. The Hall–Kier alpha value is 6.74. The van der Waals surface area contributed by atoms with Gasteiger partial charge in [0.15, 0.2) is 0 Å². The first-order valence-corrected chi connectivity index (χ1v) is 5.65. The summed E-state index contributed by atoms with van der Waals surface area (Å²) in [6, 6.07) is 0. The molecule has 0 aromatic carbocycles. The van der Waals surface area contributed by atoms with Crippen LogP contribution in [-0.2, 0) is 234 Å². The predicted octanol–water partition coefficient (Wildman–Crippen LogP) is -13.8. The van der Waals surface area contributed by atoms with E-state index in [1.54, 1.807) is 11.1 Å². The van der Waals surface area contributed by atoms with Crippen LogP contribution in [-0.4, -0.2) is 29.3 Å². The summed E-state index contributed by atoms with van der Waals surface area (Å²) in [7, 11) is -11.7. The number of hydrogen-bond donors (Lipinski definition) is 0. The van der Waals surface area contributed by atoms with Crippen molar-refractivity contribution in [1.82, 2.24) is 0 Å². The first-order valence-electron chi connectivity index (χ1n) is 5.65. The third-order valence-electron chi connectivity index (χ3n) is 1.78. The molecule has 2 bridgehead atoms. The molecule has 0 atom stereocenters. The quantitative estimate of drug-likeness (QED) is 0.205. The Kier molecular flexibility index (Phi) is 201. The molecule has 35 heavy (non-hydrogen) atoms. The van der Waals surface area contributed by atoms with Crippen molar-refractivity contribution in [1.29, 1.82) is 0 Å². The Morgan fingerprint density at radius 1 is 0.343 bits per heavy atom. The third kappa shape index (κ3) is 142. The fourth-order valence-corrected chi connectivity index (χ4v) is 1.31. The summed E-state index contributed by atoms with van der Waals surface area (Å²) in [6.07, 6.45) is 8.54. The fraction of sp³-hybridized carbons (Fsp3) is 0.429. The molecule has 0 spiro atoms. The Morgan fingerprint density at radius 3 is 0.486 bits per heavy atom. The van der Waals surface area contributed by atoms with Crippen LogP contribution >= 0.6 is 0 Å². The van der Waals surface area contributed by atoms with Crippen LogP contribution in [0.1, 0.15) is 19.3 Å². The van der Waals surface area contributed by atoms with Crippen LogP contribution < -0.4 is 60.3 Å². The minimum Gasteiger partial charge on any atom is -0.907 e. The van der Waals surface area contributed by atoms with Crippen molar-refractivity contribution in [3.63, 3.8) is 0 Å². The fourth-order valence-electron chi connectivity index (χ4n) is 1.31. The zero-order valence-corrected chi connectivity index (χ0v) is 35.1. The molecule has 0 amide bonds. The van der Waals surface area contributed by atoms with E-state index in [0.717, 1.165) is 0 Å². The van der Waals surface area contributed by atoms with Crippen molar-refractivity contribution in [2.45, 2.75) is 19.3 Å². The van der Waals surface area contributed by atoms with Crippen LogP contribution in [0, 0.1) is 0 Å². The van der Waals surface area contributed by atoms with E-state index in [0.29, 0.717) is 0 Å². The second kappa shape index (κ2) is 72.7. The van der Waals surface area contributed by atoms with Gasteiger partial charge >= 0.3 is 0 Å². The van der Waals surface area contributed by atoms with E-state index < -0.39 is 29.3 Å². The van der Waals surface area contributed by atoms with Gasteiger partial charge in [0.1, 0.15) is 0 Å². The Morgan fingerprint density at radius 2 is 0.457 bits per heavy atom. The first-order chi connectivity index (χ1) is 10.4. The molecule has 240 valence electrons. The first kappa shape index (κ1) is 96.9. The molecule has 28 heteroatoms. The van der Waals surface area contributed by atoms with Gasteiger partial charge in [0.05, 0.1) is 0 Å². The van der Waals surface area contributed by atoms with Crippen molar-refractivity contribution in [3.05, 3.63) is 23.3 Å². The molecule has 1 saturated carbocycles. The maximum Gasteiger partial charge on any atom is 0 e. The number of fused-ring (bicyclic) bond motifs is 2. The van der Waals surface area contributed by atoms with Gasteiger partial charge < -0.3 is 60.3 Å². The summed E-state index contributed by atoms with van der Waals surface area (Å²) < 4.78 is 0. The van der Waals surface area contributed by atoms with Crippen molar-refractivity contribution in [3.8, 4) is 0 Å². The van der Waals surface area contributed by atoms with Crippen LogP contribution in [0.3, 0.4) is 0 Å². The van der Waals surface area contributed by atoms with Crippen molar-refractivity contribution >= 4 is 29.3 Å². The summed E-state index contributed by atoms with van der Waals surface area (Å²) in [5.41, 5.74) is 3.30. The molecule has 0 aromatic rings. The molecule has 0 unspecified atom stereocenters. The molecule has 0 aromatic heterocycles. The van der Waals surface area contributed by atoms with Crippen molar-refractivity contribution in [2.75, 3.05) is 0 Å². The molecular formula is C7H8B4O12Rh12-12. The molecule has 1 fully saturated rings. The maximum atomic E-state index is 8.42. The van der Waals surface area contributed by atoms with E-state index in [9.17, 15) is 0 Å². The summed E-state index contributed by atoms with van der Waals surface area (Å²) in [5.74, 6) is 0. The molecule has 2 aliphatic rings. The van der Waals surface area contributed by atoms with Gasteiger partial charge in [0.2, 0.25) is 0 Å². The molecule has 0 aliphatic heterocycles. The summed E-state index contributed by atoms with van der Waals surface area (Å²) in [5, 5.41) is 101. The van der Waals surface area contributed by atoms with Gasteiger partial charge in [-0.15, -0.1) is 0 Å². The summed E-state index contributed by atoms with van der Waals surface area (Å²) in [4.78, 5) is 0. The minimum absolute atomic E-state index is 0. The Balaban J connectivity index is -0.0000000104. The molecule has 0 saturated heterocycles. The zero-order valence-electron chi connectivity index (χ0n) is 15.5. The minimum atomic E-state index is -2.92. The van der Waals surface area contributed by atoms with Gasteiger partial charge in [0.25, 0.3) is 0 Å². The molecular weight excluding hydrogens is 1550 g/mol. The average Bonchev–Trinajstić information content (AvgIpc) is 2.88. The van der Waals surface area contributed by atoms with Gasteiger partial charge in [0, 0.05) is 234 Å². The van der Waals surface area contributed by atoms with Crippen LogP contribution in [0.5, 0.6) is 0 Å². The van der Waals surface area contributed by atoms with Crippen molar-refractivity contribution < 1.29 is 294 Å². The molecule has 0 heterocycles. The number of allylic oxidation sites excluding steroid dienone is 4. The monoisotopic (exact) mass is 1560 g/mol. The molecule has 12 radical (unpaired) electrons. The average molecular weight is 1560 g/mol. The molecule has 2 rings (SSSR count). The predicted molar refractivity (Wildman–Crippen MR) is 53.0 cm³/mol. The topological polar surface area (TPSA) is 277 Å². The Labute approximate surface area is 359 Å². The standard InChI is InChI=1S/C7H8.4BO3.12Rh/c1-2-7-4-3-6(1)5-7;4*2-1(3)4;;;;;;;;;;;;/h1-2H,3-5H2;;;;;;;;;;;;;;;;/q;4*-3;;;;;;;;;;;;. The normalized spacial score (nSPS) is 8.11. The van der Waals surface area contributed by atoms with Crippen LogP contribution in [0.15, 0.2) is 23.3 Å². The van der Waals surface area contributed by atoms with Gasteiger partial charge in [-0.25, -0.2) is 0 Å². The smallest absolute Gasteiger partial charge is 0 e. The van der Waals surface area contributed by atoms with Gasteiger partial charge in [-0.2, -0.15) is 0 Å². The van der Waals surface area contributed by atoms with Gasteiger partial charge in [-0.1, -0.05) is 23.3 Å². The van der Waals surface area contributed by atoms with E-state index in [4.69, 9.17) is 60.3 Å². The van der Waals surface area contributed by atoms with E-state index in [1.165, 1.54) is 19.3 Å². The third-order valence-corrected chi connectivity index (χ3v) is 1.78. The largest absolute Gasteiger partial charge is 0.907 e. The van der Waals surface area contributed by atoms with Gasteiger partial charge in [-0.3, -0.25) is 29.3 Å². The van der Waals surface area contributed by atoms with E-state index >= 15 is 0 Å². The maximum absolute atomic E-state index is 8.42. The van der Waals surface area contributed by atoms with Crippen LogP contribution in [0.4, 0.5) is 0 Å². The van der Waals surface area contributed by atoms with E-state index in [2.05, 4.69) is 12.2 Å². The Bertz CT molecular complexity index is 300. The van der Waals surface area contributed by atoms with Crippen molar-refractivity contribution in [2.24, 2.45) is 0 Å². The SMILES string of the molecule is C1=C2CCC(=C1)C2.[O-]B([O-])[O-].[O-]B([O-])[O-].[O-]B([O-])[O-].[O-]B([O-])[O-].[Rh].[Rh].[Rh].[Rh].[Rh].[Rh].[Rh].[Rh].[Rh].[Rh].[Rh].[Rh]. The number of rotatable bonds is 0. The zero-order chi connectivity index (χ0) is 19.0. The summed E-state index contributed by atoms with van der Waals surface area (Å²) in [6.45, 7) is 0. The number of hydrogen-bond acceptors (Lipinski definition) is 12. The van der Waals surface area contributed by atoms with Crippen LogP contribution in [0.25, 0.3) is 0 Å². The second-order valence-corrected chi connectivity index (χ2v) is 3.48. The summed E-state index contributed by atoms with van der Waals surface area (Å²) >= 11 is 0. The molecule has 0 N–H and O–H groups in total. The van der Waals surface area contributed by atoms with E-state index in [-0.39, 0.29) is 234 Å². The second-order valence-electron chi connectivity index (χ2n) is 3.48.